The molecule has 0 N–H and O–H groups in total. The highest BCUT2D eigenvalue weighted by atomic mass is 16.5. The number of hydrogen-bond acceptors (Lipinski definition) is 2. The molecule has 1 aliphatic heterocycles. The highest BCUT2D eigenvalue weighted by molar-refractivity contribution is 5.94. The Morgan fingerprint density at radius 1 is 1.62 bits per heavy atom. The van der Waals surface area contributed by atoms with Crippen LogP contribution in [0.15, 0.2) is 23.3 Å². The summed E-state index contributed by atoms with van der Waals surface area (Å²) >= 11 is 0. The van der Waals surface area contributed by atoms with E-state index in [0.29, 0.717) is 18.9 Å². The molecule has 88 valence electrons. The number of allylic oxidation sites excluding steroid dienone is 3. The van der Waals surface area contributed by atoms with Crippen molar-refractivity contribution in [2.24, 2.45) is 5.92 Å². The Morgan fingerprint density at radius 3 is 3.06 bits per heavy atom. The van der Waals surface area contributed by atoms with Crippen LogP contribution in [0.3, 0.4) is 0 Å². The minimum absolute atomic E-state index is 0.121. The molecule has 2 heteroatoms. The molecule has 0 aromatic heterocycles. The van der Waals surface area contributed by atoms with Crippen molar-refractivity contribution >= 4 is 5.78 Å². The van der Waals surface area contributed by atoms with Gasteiger partial charge < -0.3 is 4.74 Å². The maximum absolute atomic E-state index is 11.4. The van der Waals surface area contributed by atoms with Gasteiger partial charge in [-0.05, 0) is 45.3 Å². The van der Waals surface area contributed by atoms with Gasteiger partial charge in [-0.2, -0.15) is 0 Å². The van der Waals surface area contributed by atoms with Crippen LogP contribution in [-0.2, 0) is 9.53 Å². The van der Waals surface area contributed by atoms with Crippen molar-refractivity contribution in [2.45, 2.75) is 45.6 Å². The van der Waals surface area contributed by atoms with E-state index in [2.05, 4.69) is 26.8 Å². The summed E-state index contributed by atoms with van der Waals surface area (Å²) in [7, 11) is 0. The monoisotopic (exact) mass is 220 g/mol. The number of rotatable bonds is 3. The van der Waals surface area contributed by atoms with Crippen LogP contribution in [0.4, 0.5) is 0 Å². The molecule has 2 atom stereocenters. The molecule has 0 aromatic rings. The molecule has 2 nitrogen and oxygen atoms in total. The van der Waals surface area contributed by atoms with Gasteiger partial charge in [0, 0.05) is 12.3 Å². The Hall–Kier alpha value is -0.890. The van der Waals surface area contributed by atoms with E-state index < -0.39 is 0 Å². The third kappa shape index (κ3) is 2.12. The SMILES string of the molecule is CC(C)=CCC[C@@]1(C)OCC2=CC(=O)CC21. The summed E-state index contributed by atoms with van der Waals surface area (Å²) in [4.78, 5) is 11.4. The molecule has 1 unspecified atom stereocenters. The van der Waals surface area contributed by atoms with Gasteiger partial charge in [0.25, 0.3) is 0 Å². The number of carbonyl (C=O) groups excluding carboxylic acids is 1. The van der Waals surface area contributed by atoms with Crippen molar-refractivity contribution in [1.82, 2.24) is 0 Å². The first-order valence-electron chi connectivity index (χ1n) is 6.02. The lowest BCUT2D eigenvalue weighted by Gasteiger charge is -2.28. The highest BCUT2D eigenvalue weighted by Crippen LogP contribution is 2.44. The summed E-state index contributed by atoms with van der Waals surface area (Å²) in [6, 6.07) is 0. The Bertz CT molecular complexity index is 361. The molecule has 16 heavy (non-hydrogen) atoms. The van der Waals surface area contributed by atoms with Crippen LogP contribution in [0.2, 0.25) is 0 Å². The van der Waals surface area contributed by atoms with Crippen LogP contribution in [-0.4, -0.2) is 18.0 Å². The number of ketones is 1. The Balaban J connectivity index is 2.01. The molecule has 2 rings (SSSR count). The zero-order valence-corrected chi connectivity index (χ0v) is 10.4. The predicted octanol–water partition coefficient (Wildman–Crippen LogP) is 3.04. The lowest BCUT2D eigenvalue weighted by molar-refractivity contribution is -0.116. The van der Waals surface area contributed by atoms with Gasteiger partial charge in [-0.1, -0.05) is 11.6 Å². The van der Waals surface area contributed by atoms with Gasteiger partial charge in [-0.15, -0.1) is 0 Å². The van der Waals surface area contributed by atoms with E-state index in [1.165, 1.54) is 11.1 Å². The predicted molar refractivity (Wildman–Crippen MR) is 64.2 cm³/mol. The Morgan fingerprint density at radius 2 is 2.38 bits per heavy atom. The molecular formula is C14H20O2. The van der Waals surface area contributed by atoms with Crippen molar-refractivity contribution in [3.8, 4) is 0 Å². The van der Waals surface area contributed by atoms with Crippen LogP contribution < -0.4 is 0 Å². The van der Waals surface area contributed by atoms with Crippen LogP contribution in [0, 0.1) is 5.92 Å². The third-order valence-electron chi connectivity index (χ3n) is 3.70. The van der Waals surface area contributed by atoms with E-state index in [4.69, 9.17) is 4.74 Å². The fraction of sp³-hybridized carbons (Fsp3) is 0.643. The third-order valence-corrected chi connectivity index (χ3v) is 3.70. The van der Waals surface area contributed by atoms with Gasteiger partial charge >= 0.3 is 0 Å². The number of carbonyl (C=O) groups is 1. The van der Waals surface area contributed by atoms with Crippen molar-refractivity contribution in [3.05, 3.63) is 23.3 Å². The van der Waals surface area contributed by atoms with Gasteiger partial charge in [-0.3, -0.25) is 4.79 Å². The number of hydrogen-bond donors (Lipinski definition) is 0. The largest absolute Gasteiger partial charge is 0.370 e. The molecule has 0 amide bonds. The van der Waals surface area contributed by atoms with Crippen LogP contribution in [0.1, 0.15) is 40.0 Å². The highest BCUT2D eigenvalue weighted by Gasteiger charge is 2.46. The zero-order chi connectivity index (χ0) is 11.8. The van der Waals surface area contributed by atoms with Crippen molar-refractivity contribution in [1.29, 1.82) is 0 Å². The quantitative estimate of drug-likeness (QED) is 0.683. The lowest BCUT2D eigenvalue weighted by atomic mass is 9.83. The molecule has 1 aliphatic carbocycles. The summed E-state index contributed by atoms with van der Waals surface area (Å²) in [6.45, 7) is 7.03. The van der Waals surface area contributed by atoms with Gasteiger partial charge in [-0.25, -0.2) is 0 Å². The van der Waals surface area contributed by atoms with E-state index in [9.17, 15) is 4.79 Å². The van der Waals surface area contributed by atoms with Crippen molar-refractivity contribution in [3.63, 3.8) is 0 Å². The second kappa shape index (κ2) is 4.17. The fourth-order valence-electron chi connectivity index (χ4n) is 2.69. The fourth-order valence-corrected chi connectivity index (χ4v) is 2.69. The van der Waals surface area contributed by atoms with Crippen LogP contribution in [0.25, 0.3) is 0 Å². The average molecular weight is 220 g/mol. The van der Waals surface area contributed by atoms with E-state index in [1.54, 1.807) is 6.08 Å². The van der Waals surface area contributed by atoms with Crippen LogP contribution in [0.5, 0.6) is 0 Å². The minimum atomic E-state index is -0.121. The molecule has 1 saturated heterocycles. The summed E-state index contributed by atoms with van der Waals surface area (Å²) in [5.74, 6) is 0.613. The van der Waals surface area contributed by atoms with Gasteiger partial charge in [0.2, 0.25) is 0 Å². The van der Waals surface area contributed by atoms with Crippen molar-refractivity contribution in [2.75, 3.05) is 6.61 Å². The standard InChI is InChI=1S/C14H20O2/c1-10(2)5-4-6-14(3)13-8-12(15)7-11(13)9-16-14/h5,7,13H,4,6,8-9H2,1-3H3/t13?,14-/m1/s1. The maximum atomic E-state index is 11.4. The van der Waals surface area contributed by atoms with Crippen molar-refractivity contribution < 1.29 is 9.53 Å². The lowest BCUT2D eigenvalue weighted by Crippen LogP contribution is -2.31. The van der Waals surface area contributed by atoms with Gasteiger partial charge in [0.15, 0.2) is 5.78 Å². The average Bonchev–Trinajstić information content (AvgIpc) is 2.67. The second-order valence-electron chi connectivity index (χ2n) is 5.36. The van der Waals surface area contributed by atoms with E-state index in [1.807, 2.05) is 0 Å². The summed E-state index contributed by atoms with van der Waals surface area (Å²) in [5, 5.41) is 0. The normalized spacial score (nSPS) is 32.6. The second-order valence-corrected chi connectivity index (χ2v) is 5.36. The summed E-state index contributed by atoms with van der Waals surface area (Å²) in [5.41, 5.74) is 2.44. The molecule has 0 bridgehead atoms. The maximum Gasteiger partial charge on any atom is 0.156 e. The minimum Gasteiger partial charge on any atom is -0.370 e. The van der Waals surface area contributed by atoms with Gasteiger partial charge in [0.05, 0.1) is 12.2 Å². The smallest absolute Gasteiger partial charge is 0.156 e. The van der Waals surface area contributed by atoms with E-state index in [-0.39, 0.29) is 11.4 Å². The molecule has 0 aromatic carbocycles. The summed E-state index contributed by atoms with van der Waals surface area (Å²) in [6.07, 6.45) is 6.73. The molecule has 0 saturated carbocycles. The number of fused-ring (bicyclic) bond motifs is 1. The molecule has 0 spiro atoms. The topological polar surface area (TPSA) is 26.3 Å². The molecule has 0 radical (unpaired) electrons. The van der Waals surface area contributed by atoms with E-state index in [0.717, 1.165) is 12.8 Å². The summed E-state index contributed by atoms with van der Waals surface area (Å²) < 4.78 is 5.89. The Labute approximate surface area is 97.4 Å². The zero-order valence-electron chi connectivity index (χ0n) is 10.4. The molecule has 2 aliphatic rings. The molecule has 1 fully saturated rings. The first-order chi connectivity index (χ1) is 7.51. The first kappa shape index (κ1) is 11.6. The van der Waals surface area contributed by atoms with Crippen LogP contribution >= 0.6 is 0 Å². The molecular weight excluding hydrogens is 200 g/mol. The van der Waals surface area contributed by atoms with Gasteiger partial charge in [0.1, 0.15) is 0 Å². The number of ether oxygens (including phenoxy) is 1. The first-order valence-corrected chi connectivity index (χ1v) is 6.02. The Kier molecular flexibility index (Phi) is 3.02. The molecule has 1 heterocycles. The van der Waals surface area contributed by atoms with E-state index >= 15 is 0 Å².